The number of aryl methyl sites for hydroxylation is 2. The first kappa shape index (κ1) is 22.4. The summed E-state index contributed by atoms with van der Waals surface area (Å²) in [5, 5.41) is 5.10. The Kier molecular flexibility index (Phi) is 7.36. The Bertz CT molecular complexity index is 1110. The maximum atomic E-state index is 12.3. The molecular formula is C23H25N3O4S. The highest BCUT2D eigenvalue weighted by Crippen LogP contribution is 2.37. The van der Waals surface area contributed by atoms with Crippen LogP contribution in [0.15, 0.2) is 46.4 Å². The number of nitrogens with zero attached hydrogens (tertiary/aromatic N) is 2. The number of hydrazone groups is 1. The van der Waals surface area contributed by atoms with E-state index in [1.807, 2.05) is 32.0 Å². The molecule has 162 valence electrons. The molecule has 2 aromatic carbocycles. The van der Waals surface area contributed by atoms with Gasteiger partial charge in [-0.25, -0.2) is 5.43 Å². The summed E-state index contributed by atoms with van der Waals surface area (Å²) in [6, 6.07) is 11.6. The van der Waals surface area contributed by atoms with Crippen molar-refractivity contribution in [2.24, 2.45) is 5.10 Å². The summed E-state index contributed by atoms with van der Waals surface area (Å²) in [5.41, 5.74) is 6.26. The smallest absolute Gasteiger partial charge is 0.250 e. The number of pyridine rings is 1. The maximum Gasteiger partial charge on any atom is 0.250 e. The summed E-state index contributed by atoms with van der Waals surface area (Å²) >= 11 is 1.46. The number of rotatable bonds is 8. The van der Waals surface area contributed by atoms with Gasteiger partial charge in [0.05, 0.1) is 38.8 Å². The van der Waals surface area contributed by atoms with E-state index in [0.29, 0.717) is 22.8 Å². The van der Waals surface area contributed by atoms with Crippen molar-refractivity contribution in [3.05, 3.63) is 53.2 Å². The molecule has 0 saturated heterocycles. The van der Waals surface area contributed by atoms with E-state index in [4.69, 9.17) is 14.2 Å². The van der Waals surface area contributed by atoms with Crippen LogP contribution in [0.3, 0.4) is 0 Å². The summed E-state index contributed by atoms with van der Waals surface area (Å²) in [5.74, 6) is 1.56. The van der Waals surface area contributed by atoms with Crippen molar-refractivity contribution >= 4 is 34.8 Å². The first-order valence-electron chi connectivity index (χ1n) is 9.58. The van der Waals surface area contributed by atoms with Crippen LogP contribution < -0.4 is 19.6 Å². The Hall–Kier alpha value is -3.26. The van der Waals surface area contributed by atoms with Crippen LogP contribution in [-0.2, 0) is 4.79 Å². The highest BCUT2D eigenvalue weighted by atomic mass is 32.2. The minimum Gasteiger partial charge on any atom is -0.493 e. The van der Waals surface area contributed by atoms with Gasteiger partial charge < -0.3 is 14.2 Å². The molecule has 3 aromatic rings. The van der Waals surface area contributed by atoms with Crippen LogP contribution in [0.25, 0.3) is 10.9 Å². The van der Waals surface area contributed by atoms with Crippen molar-refractivity contribution in [2.75, 3.05) is 27.1 Å². The van der Waals surface area contributed by atoms with Gasteiger partial charge >= 0.3 is 0 Å². The second kappa shape index (κ2) is 10.2. The van der Waals surface area contributed by atoms with Gasteiger partial charge in [-0.15, -0.1) is 11.8 Å². The second-order valence-corrected chi connectivity index (χ2v) is 7.84. The van der Waals surface area contributed by atoms with E-state index >= 15 is 0 Å². The van der Waals surface area contributed by atoms with E-state index < -0.39 is 0 Å². The number of hydrogen-bond donors (Lipinski definition) is 1. The minimum atomic E-state index is -0.205. The Balaban J connectivity index is 1.67. The summed E-state index contributed by atoms with van der Waals surface area (Å²) in [6.45, 7) is 3.99. The van der Waals surface area contributed by atoms with E-state index in [-0.39, 0.29) is 11.7 Å². The number of benzene rings is 2. The molecule has 0 saturated carbocycles. The minimum absolute atomic E-state index is 0.205. The van der Waals surface area contributed by atoms with Crippen LogP contribution >= 0.6 is 11.8 Å². The first-order valence-corrected chi connectivity index (χ1v) is 10.6. The number of carbonyl (C=O) groups excluding carboxylic acids is 1. The van der Waals surface area contributed by atoms with E-state index in [1.54, 1.807) is 33.5 Å². The molecular weight excluding hydrogens is 414 g/mol. The van der Waals surface area contributed by atoms with Crippen molar-refractivity contribution in [1.82, 2.24) is 10.4 Å². The molecule has 0 radical (unpaired) electrons. The maximum absolute atomic E-state index is 12.3. The predicted molar refractivity (Wildman–Crippen MR) is 124 cm³/mol. The van der Waals surface area contributed by atoms with Gasteiger partial charge in [-0.3, -0.25) is 9.78 Å². The molecule has 0 fully saturated rings. The van der Waals surface area contributed by atoms with Crippen LogP contribution in [-0.4, -0.2) is 44.2 Å². The second-order valence-electron chi connectivity index (χ2n) is 6.82. The number of nitrogens with one attached hydrogen (secondary N) is 1. The fourth-order valence-electron chi connectivity index (χ4n) is 3.08. The number of hydrogen-bond acceptors (Lipinski definition) is 7. The van der Waals surface area contributed by atoms with Crippen LogP contribution in [0.1, 0.15) is 16.8 Å². The molecule has 7 nitrogen and oxygen atoms in total. The Morgan fingerprint density at radius 2 is 1.77 bits per heavy atom. The number of aromatic nitrogens is 1. The summed E-state index contributed by atoms with van der Waals surface area (Å²) in [4.78, 5) is 17.9. The fraction of sp³-hybridized carbons (Fsp3) is 0.261. The summed E-state index contributed by atoms with van der Waals surface area (Å²) in [7, 11) is 4.63. The van der Waals surface area contributed by atoms with Gasteiger partial charge in [-0.2, -0.15) is 5.10 Å². The molecule has 3 rings (SSSR count). The van der Waals surface area contributed by atoms with Gasteiger partial charge in [0.1, 0.15) is 0 Å². The summed E-state index contributed by atoms with van der Waals surface area (Å²) in [6.07, 6.45) is 1.53. The van der Waals surface area contributed by atoms with E-state index in [9.17, 15) is 4.79 Å². The number of fused-ring (bicyclic) bond motifs is 1. The lowest BCUT2D eigenvalue weighted by Crippen LogP contribution is -2.19. The molecule has 1 aromatic heterocycles. The molecule has 0 unspecified atom stereocenters. The quantitative estimate of drug-likeness (QED) is 0.323. The molecule has 0 spiro atoms. The van der Waals surface area contributed by atoms with Crippen molar-refractivity contribution in [3.63, 3.8) is 0 Å². The molecule has 0 aliphatic rings. The van der Waals surface area contributed by atoms with Gasteiger partial charge in [0, 0.05) is 21.5 Å². The molecule has 8 heteroatoms. The Morgan fingerprint density at radius 1 is 1.06 bits per heavy atom. The first-order chi connectivity index (χ1) is 14.9. The van der Waals surface area contributed by atoms with Crippen molar-refractivity contribution in [1.29, 1.82) is 0 Å². The lowest BCUT2D eigenvalue weighted by atomic mass is 10.1. The number of carbonyl (C=O) groups is 1. The molecule has 1 N–H and O–H groups in total. The van der Waals surface area contributed by atoms with Crippen molar-refractivity contribution in [2.45, 2.75) is 18.7 Å². The van der Waals surface area contributed by atoms with E-state index in [1.165, 1.54) is 18.0 Å². The topological polar surface area (TPSA) is 82.0 Å². The van der Waals surface area contributed by atoms with Gasteiger partial charge in [0.2, 0.25) is 11.7 Å². The molecule has 1 heterocycles. The average molecular weight is 440 g/mol. The zero-order valence-corrected chi connectivity index (χ0v) is 19.0. The third-order valence-corrected chi connectivity index (χ3v) is 5.56. The van der Waals surface area contributed by atoms with Crippen molar-refractivity contribution < 1.29 is 19.0 Å². The highest BCUT2D eigenvalue weighted by molar-refractivity contribution is 8.00. The standard InChI is InChI=1S/C23H25N3O4S/c1-14-6-7-18-17(8-14)21(9-15(2)25-18)31-13-22(27)26-24-12-16-10-19(28-3)23(30-5)20(11-16)29-4/h6-12H,13H2,1-5H3,(H,26,27)/b24-12+. The lowest BCUT2D eigenvalue weighted by molar-refractivity contribution is -0.118. The molecule has 0 aliphatic carbocycles. The molecule has 0 bridgehead atoms. The van der Waals surface area contributed by atoms with Gasteiger partial charge in [-0.05, 0) is 44.2 Å². The average Bonchev–Trinajstić information content (AvgIpc) is 2.76. The zero-order chi connectivity index (χ0) is 22.4. The molecule has 1 amide bonds. The molecule has 31 heavy (non-hydrogen) atoms. The summed E-state index contributed by atoms with van der Waals surface area (Å²) < 4.78 is 16.0. The van der Waals surface area contributed by atoms with E-state index in [2.05, 4.69) is 21.6 Å². The lowest BCUT2D eigenvalue weighted by Gasteiger charge is -2.12. The number of methoxy groups -OCH3 is 3. The van der Waals surface area contributed by atoms with Crippen LogP contribution in [0.4, 0.5) is 0 Å². The third kappa shape index (κ3) is 5.46. The van der Waals surface area contributed by atoms with Gasteiger partial charge in [0.15, 0.2) is 11.5 Å². The monoisotopic (exact) mass is 439 g/mol. The highest BCUT2D eigenvalue weighted by Gasteiger charge is 2.12. The predicted octanol–water partition coefficient (Wildman–Crippen LogP) is 4.12. The number of ether oxygens (including phenoxy) is 3. The number of amides is 1. The van der Waals surface area contributed by atoms with Crippen molar-refractivity contribution in [3.8, 4) is 17.2 Å². The van der Waals surface area contributed by atoms with Crippen LogP contribution in [0, 0.1) is 13.8 Å². The molecule has 0 aliphatic heterocycles. The third-order valence-electron chi connectivity index (χ3n) is 4.50. The van der Waals surface area contributed by atoms with Gasteiger partial charge in [-0.1, -0.05) is 11.6 Å². The zero-order valence-electron chi connectivity index (χ0n) is 18.2. The van der Waals surface area contributed by atoms with Gasteiger partial charge in [0.25, 0.3) is 0 Å². The fourth-order valence-corrected chi connectivity index (χ4v) is 4.01. The largest absolute Gasteiger partial charge is 0.493 e. The molecule has 0 atom stereocenters. The normalized spacial score (nSPS) is 11.0. The van der Waals surface area contributed by atoms with Crippen LogP contribution in [0.2, 0.25) is 0 Å². The Morgan fingerprint density at radius 3 is 2.42 bits per heavy atom. The number of thioether (sulfide) groups is 1. The van der Waals surface area contributed by atoms with E-state index in [0.717, 1.165) is 27.1 Å². The SMILES string of the molecule is COc1cc(/C=N/NC(=O)CSc2cc(C)nc3ccc(C)cc23)cc(OC)c1OC. The Labute approximate surface area is 185 Å². The van der Waals surface area contributed by atoms with Crippen LogP contribution in [0.5, 0.6) is 17.2 Å².